The summed E-state index contributed by atoms with van der Waals surface area (Å²) in [5.41, 5.74) is 2.84. The lowest BCUT2D eigenvalue weighted by molar-refractivity contribution is -0.119. The van der Waals surface area contributed by atoms with Crippen LogP contribution >= 0.6 is 15.9 Å². The zero-order valence-corrected chi connectivity index (χ0v) is 10.8. The van der Waals surface area contributed by atoms with Crippen LogP contribution in [0.5, 0.6) is 0 Å². The van der Waals surface area contributed by atoms with Gasteiger partial charge in [0, 0.05) is 21.9 Å². The van der Waals surface area contributed by atoms with Crippen molar-refractivity contribution in [1.82, 2.24) is 15.6 Å². The van der Waals surface area contributed by atoms with Gasteiger partial charge in [0.15, 0.2) is 0 Å². The van der Waals surface area contributed by atoms with E-state index in [1.165, 1.54) is 0 Å². The topological polar surface area (TPSA) is 54.0 Å². The van der Waals surface area contributed by atoms with Crippen molar-refractivity contribution in [3.8, 4) is 0 Å². The third-order valence-electron chi connectivity index (χ3n) is 3.13. The molecular weight excluding hydrogens is 282 g/mol. The van der Waals surface area contributed by atoms with Crippen LogP contribution in [-0.4, -0.2) is 10.9 Å². The van der Waals surface area contributed by atoms with Gasteiger partial charge < -0.3 is 10.6 Å². The van der Waals surface area contributed by atoms with E-state index in [-0.39, 0.29) is 12.1 Å². The predicted octanol–water partition coefficient (Wildman–Crippen LogP) is 2.00. The quantitative estimate of drug-likeness (QED) is 0.833. The van der Waals surface area contributed by atoms with E-state index in [0.717, 1.165) is 40.7 Å². The fourth-order valence-electron chi connectivity index (χ4n) is 2.29. The van der Waals surface area contributed by atoms with Gasteiger partial charge in [-0.3, -0.25) is 9.78 Å². The number of hydrogen-bond donors (Lipinski definition) is 2. The standard InChI is InChI=1S/C12H12BrN3O/c13-7-4-5-10(14-6-7)11-15-9-3-1-2-8(9)12(17)16-11/h4-6,11,15H,1-3H2,(H,16,17). The number of amides is 1. The number of carbonyl (C=O) groups is 1. The van der Waals surface area contributed by atoms with Crippen molar-refractivity contribution < 1.29 is 4.79 Å². The second-order valence-corrected chi connectivity index (χ2v) is 5.18. The van der Waals surface area contributed by atoms with Gasteiger partial charge >= 0.3 is 0 Å². The molecular formula is C12H12BrN3O. The molecule has 1 aromatic heterocycles. The Hall–Kier alpha value is -1.36. The highest BCUT2D eigenvalue weighted by Gasteiger charge is 2.30. The number of carbonyl (C=O) groups excluding carboxylic acids is 1. The first-order valence-electron chi connectivity index (χ1n) is 5.65. The van der Waals surface area contributed by atoms with Crippen LogP contribution in [0.4, 0.5) is 0 Å². The van der Waals surface area contributed by atoms with E-state index in [2.05, 4.69) is 31.5 Å². The van der Waals surface area contributed by atoms with E-state index >= 15 is 0 Å². The molecule has 0 aromatic carbocycles. The van der Waals surface area contributed by atoms with Gasteiger partial charge in [-0.25, -0.2) is 0 Å². The summed E-state index contributed by atoms with van der Waals surface area (Å²) in [6.45, 7) is 0. The summed E-state index contributed by atoms with van der Waals surface area (Å²) in [6.07, 6.45) is 4.45. The Labute approximate surface area is 108 Å². The van der Waals surface area contributed by atoms with Crippen LogP contribution in [0.25, 0.3) is 0 Å². The molecule has 0 saturated heterocycles. The highest BCUT2D eigenvalue weighted by atomic mass is 79.9. The fraction of sp³-hybridized carbons (Fsp3) is 0.333. The highest BCUT2D eigenvalue weighted by molar-refractivity contribution is 9.10. The Balaban J connectivity index is 1.87. The van der Waals surface area contributed by atoms with Crippen LogP contribution < -0.4 is 10.6 Å². The zero-order chi connectivity index (χ0) is 11.8. The molecule has 1 unspecified atom stereocenters. The molecule has 1 atom stereocenters. The van der Waals surface area contributed by atoms with Crippen LogP contribution in [0.15, 0.2) is 34.1 Å². The Morgan fingerprint density at radius 2 is 2.18 bits per heavy atom. The van der Waals surface area contributed by atoms with E-state index in [4.69, 9.17) is 0 Å². The van der Waals surface area contributed by atoms with Gasteiger partial charge in [0.1, 0.15) is 6.17 Å². The Morgan fingerprint density at radius 1 is 1.29 bits per heavy atom. The molecule has 88 valence electrons. The molecule has 3 rings (SSSR count). The molecule has 2 aliphatic rings. The van der Waals surface area contributed by atoms with Crippen molar-refractivity contribution in [2.75, 3.05) is 0 Å². The third kappa shape index (κ3) is 1.95. The van der Waals surface area contributed by atoms with Crippen LogP contribution in [-0.2, 0) is 4.79 Å². The lowest BCUT2D eigenvalue weighted by Gasteiger charge is -2.27. The fourth-order valence-corrected chi connectivity index (χ4v) is 2.52. The van der Waals surface area contributed by atoms with Crippen molar-refractivity contribution in [3.63, 3.8) is 0 Å². The number of nitrogens with zero attached hydrogens (tertiary/aromatic N) is 1. The third-order valence-corrected chi connectivity index (χ3v) is 3.60. The van der Waals surface area contributed by atoms with Crippen molar-refractivity contribution in [3.05, 3.63) is 39.8 Å². The van der Waals surface area contributed by atoms with Gasteiger partial charge in [0.05, 0.1) is 5.69 Å². The molecule has 0 radical (unpaired) electrons. The highest BCUT2D eigenvalue weighted by Crippen LogP contribution is 2.29. The molecule has 17 heavy (non-hydrogen) atoms. The number of pyridine rings is 1. The summed E-state index contributed by atoms with van der Waals surface area (Å²) in [5, 5.41) is 6.29. The molecule has 2 heterocycles. The summed E-state index contributed by atoms with van der Waals surface area (Å²) in [5.74, 6) is 0.0472. The van der Waals surface area contributed by atoms with Crippen molar-refractivity contribution >= 4 is 21.8 Å². The molecule has 0 bridgehead atoms. The molecule has 2 N–H and O–H groups in total. The Bertz CT molecular complexity index is 495. The van der Waals surface area contributed by atoms with Crippen LogP contribution in [0.2, 0.25) is 0 Å². The number of hydrogen-bond acceptors (Lipinski definition) is 3. The maximum atomic E-state index is 11.9. The van der Waals surface area contributed by atoms with E-state index in [1.54, 1.807) is 6.20 Å². The largest absolute Gasteiger partial charge is 0.363 e. The number of halogens is 1. The lowest BCUT2D eigenvalue weighted by Crippen LogP contribution is -2.43. The number of aromatic nitrogens is 1. The molecule has 4 nitrogen and oxygen atoms in total. The Morgan fingerprint density at radius 3 is 2.94 bits per heavy atom. The molecule has 1 aromatic rings. The smallest absolute Gasteiger partial charge is 0.250 e. The molecule has 1 amide bonds. The summed E-state index contributed by atoms with van der Waals surface area (Å²) >= 11 is 3.35. The number of rotatable bonds is 1. The van der Waals surface area contributed by atoms with E-state index < -0.39 is 0 Å². The lowest BCUT2D eigenvalue weighted by atomic mass is 10.1. The van der Waals surface area contributed by atoms with E-state index in [9.17, 15) is 4.79 Å². The Kier molecular flexibility index (Phi) is 2.63. The van der Waals surface area contributed by atoms with Gasteiger partial charge in [0.25, 0.3) is 5.91 Å². The predicted molar refractivity (Wildman–Crippen MR) is 66.8 cm³/mol. The SMILES string of the molecule is O=C1NC(c2ccc(Br)cn2)NC2=C1CCC2. The summed E-state index contributed by atoms with van der Waals surface area (Å²) < 4.78 is 0.934. The summed E-state index contributed by atoms with van der Waals surface area (Å²) in [6, 6.07) is 3.83. The summed E-state index contributed by atoms with van der Waals surface area (Å²) in [7, 11) is 0. The van der Waals surface area contributed by atoms with Gasteiger partial charge in [0.2, 0.25) is 0 Å². The maximum Gasteiger partial charge on any atom is 0.250 e. The van der Waals surface area contributed by atoms with Gasteiger partial charge in [-0.05, 0) is 47.3 Å². The first-order chi connectivity index (χ1) is 8.24. The van der Waals surface area contributed by atoms with E-state index in [1.807, 2.05) is 12.1 Å². The van der Waals surface area contributed by atoms with Crippen LogP contribution in [0.1, 0.15) is 31.1 Å². The molecule has 1 aliphatic carbocycles. The molecule has 0 fully saturated rings. The minimum Gasteiger partial charge on any atom is -0.363 e. The zero-order valence-electron chi connectivity index (χ0n) is 9.16. The summed E-state index contributed by atoms with van der Waals surface area (Å²) in [4.78, 5) is 16.2. The van der Waals surface area contributed by atoms with Crippen LogP contribution in [0.3, 0.4) is 0 Å². The number of allylic oxidation sites excluding steroid dienone is 1. The molecule has 0 spiro atoms. The minimum atomic E-state index is -0.201. The van der Waals surface area contributed by atoms with E-state index in [0.29, 0.717) is 0 Å². The number of nitrogens with one attached hydrogen (secondary N) is 2. The molecule has 0 saturated carbocycles. The minimum absolute atomic E-state index is 0.0472. The van der Waals surface area contributed by atoms with Gasteiger partial charge in [-0.2, -0.15) is 0 Å². The average molecular weight is 294 g/mol. The second kappa shape index (κ2) is 4.14. The van der Waals surface area contributed by atoms with Crippen LogP contribution in [0, 0.1) is 0 Å². The molecule has 1 aliphatic heterocycles. The van der Waals surface area contributed by atoms with Crippen molar-refractivity contribution in [1.29, 1.82) is 0 Å². The van der Waals surface area contributed by atoms with Crippen molar-refractivity contribution in [2.24, 2.45) is 0 Å². The second-order valence-electron chi connectivity index (χ2n) is 4.26. The normalized spacial score (nSPS) is 23.1. The maximum absolute atomic E-state index is 11.9. The van der Waals surface area contributed by atoms with Gasteiger partial charge in [-0.1, -0.05) is 0 Å². The monoisotopic (exact) mass is 293 g/mol. The van der Waals surface area contributed by atoms with Crippen molar-refractivity contribution in [2.45, 2.75) is 25.4 Å². The first kappa shape index (κ1) is 10.8. The molecule has 5 heteroatoms. The first-order valence-corrected chi connectivity index (χ1v) is 6.44. The average Bonchev–Trinajstić information content (AvgIpc) is 2.78. The van der Waals surface area contributed by atoms with Gasteiger partial charge in [-0.15, -0.1) is 0 Å².